The van der Waals surface area contributed by atoms with Gasteiger partial charge in [-0.15, -0.1) is 0 Å². The monoisotopic (exact) mass is 370 g/mol. The van der Waals surface area contributed by atoms with Gasteiger partial charge in [0, 0.05) is 18.7 Å². The van der Waals surface area contributed by atoms with Crippen LogP contribution in [0.4, 0.5) is 14.9 Å². The van der Waals surface area contributed by atoms with Gasteiger partial charge in [0.1, 0.15) is 18.2 Å². The third-order valence-electron chi connectivity index (χ3n) is 4.99. The van der Waals surface area contributed by atoms with E-state index in [1.165, 1.54) is 17.0 Å². The molecule has 0 spiro atoms. The fourth-order valence-electron chi connectivity index (χ4n) is 3.54. The van der Waals surface area contributed by atoms with Gasteiger partial charge in [-0.1, -0.05) is 6.07 Å². The zero-order valence-electron chi connectivity index (χ0n) is 14.9. The maximum Gasteiger partial charge on any atom is 0.414 e. The first kappa shape index (κ1) is 17.3. The van der Waals surface area contributed by atoms with Crippen molar-refractivity contribution in [3.63, 3.8) is 0 Å². The zero-order valence-corrected chi connectivity index (χ0v) is 14.9. The van der Waals surface area contributed by atoms with Crippen LogP contribution in [0.25, 0.3) is 0 Å². The van der Waals surface area contributed by atoms with Gasteiger partial charge in [0.05, 0.1) is 18.8 Å². The van der Waals surface area contributed by atoms with Crippen LogP contribution in [0.3, 0.4) is 0 Å². The largest absolute Gasteiger partial charge is 0.497 e. The van der Waals surface area contributed by atoms with Gasteiger partial charge < -0.3 is 14.4 Å². The van der Waals surface area contributed by atoms with E-state index < -0.39 is 11.9 Å². The topological polar surface area (TPSA) is 59.1 Å². The zero-order chi connectivity index (χ0) is 19.0. The number of nitrogens with zero attached hydrogens (tertiary/aromatic N) is 2. The van der Waals surface area contributed by atoms with Crippen LogP contribution in [0.15, 0.2) is 42.5 Å². The quantitative estimate of drug-likeness (QED) is 0.815. The lowest BCUT2D eigenvalue weighted by Gasteiger charge is -2.32. The molecule has 2 aromatic rings. The summed E-state index contributed by atoms with van der Waals surface area (Å²) in [6.07, 6.45) is 0.0885. The molecule has 0 aromatic heterocycles. The molecule has 0 bridgehead atoms. The van der Waals surface area contributed by atoms with Crippen LogP contribution in [-0.2, 0) is 11.3 Å². The highest BCUT2D eigenvalue weighted by molar-refractivity contribution is 5.95. The standard InChI is InChI=1S/C20H19FN2O4/c1-26-17-6-3-13(4-7-17)19(24)22-9-8-16-12-27-20(25)23(16)18-10-15(21)5-2-14(18)11-22/h2-7,10,16H,8-9,11-12H2,1H3. The van der Waals surface area contributed by atoms with Crippen LogP contribution in [0, 0.1) is 5.82 Å². The molecule has 0 radical (unpaired) electrons. The number of amides is 2. The molecule has 7 heteroatoms. The number of ether oxygens (including phenoxy) is 2. The van der Waals surface area contributed by atoms with Crippen molar-refractivity contribution in [1.29, 1.82) is 0 Å². The maximum absolute atomic E-state index is 13.8. The third kappa shape index (κ3) is 3.20. The summed E-state index contributed by atoms with van der Waals surface area (Å²) >= 11 is 0. The lowest BCUT2D eigenvalue weighted by Crippen LogP contribution is -2.42. The number of anilines is 1. The number of benzene rings is 2. The van der Waals surface area contributed by atoms with Crippen molar-refractivity contribution in [2.24, 2.45) is 0 Å². The van der Waals surface area contributed by atoms with Gasteiger partial charge in [0.25, 0.3) is 5.91 Å². The molecule has 0 saturated carbocycles. The molecule has 0 aliphatic carbocycles. The number of rotatable bonds is 2. The van der Waals surface area contributed by atoms with Crippen molar-refractivity contribution >= 4 is 17.7 Å². The van der Waals surface area contributed by atoms with E-state index in [1.54, 1.807) is 42.3 Å². The second-order valence-electron chi connectivity index (χ2n) is 6.62. The van der Waals surface area contributed by atoms with Crippen LogP contribution >= 0.6 is 0 Å². The van der Waals surface area contributed by atoms with Crippen LogP contribution in [0.1, 0.15) is 22.3 Å². The maximum atomic E-state index is 13.8. The van der Waals surface area contributed by atoms with E-state index in [-0.39, 0.29) is 25.1 Å². The first-order valence-electron chi connectivity index (χ1n) is 8.74. The highest BCUT2D eigenvalue weighted by Gasteiger charge is 2.37. The van der Waals surface area contributed by atoms with Crippen molar-refractivity contribution in [3.8, 4) is 5.75 Å². The molecule has 27 heavy (non-hydrogen) atoms. The van der Waals surface area contributed by atoms with E-state index in [0.29, 0.717) is 35.5 Å². The molecule has 2 amide bonds. The number of hydrogen-bond acceptors (Lipinski definition) is 4. The van der Waals surface area contributed by atoms with Crippen molar-refractivity contribution in [2.75, 3.05) is 25.2 Å². The Bertz CT molecular complexity index is 884. The Hall–Kier alpha value is -3.09. The lowest BCUT2D eigenvalue weighted by molar-refractivity contribution is 0.0734. The van der Waals surface area contributed by atoms with Crippen molar-refractivity contribution in [2.45, 2.75) is 19.0 Å². The van der Waals surface area contributed by atoms with Gasteiger partial charge in [-0.25, -0.2) is 9.18 Å². The van der Waals surface area contributed by atoms with Gasteiger partial charge in [0.2, 0.25) is 0 Å². The lowest BCUT2D eigenvalue weighted by atomic mass is 10.0. The number of carbonyl (C=O) groups is 2. The normalized spacial score (nSPS) is 18.9. The van der Waals surface area contributed by atoms with Crippen LogP contribution in [0.2, 0.25) is 0 Å². The molecule has 0 N–H and O–H groups in total. The molecule has 2 heterocycles. The van der Waals surface area contributed by atoms with Gasteiger partial charge >= 0.3 is 6.09 Å². The van der Waals surface area contributed by atoms with E-state index >= 15 is 0 Å². The number of fused-ring (bicyclic) bond motifs is 3. The third-order valence-corrected chi connectivity index (χ3v) is 4.99. The van der Waals surface area contributed by atoms with E-state index in [2.05, 4.69) is 0 Å². The van der Waals surface area contributed by atoms with Gasteiger partial charge in [-0.3, -0.25) is 9.69 Å². The smallest absolute Gasteiger partial charge is 0.414 e. The Morgan fingerprint density at radius 1 is 1.22 bits per heavy atom. The molecule has 2 aromatic carbocycles. The molecule has 1 unspecified atom stereocenters. The molecular weight excluding hydrogens is 351 g/mol. The van der Waals surface area contributed by atoms with E-state index in [9.17, 15) is 14.0 Å². The SMILES string of the molecule is COc1ccc(C(=O)N2CCC3COC(=O)N3c3cc(F)ccc3C2)cc1. The minimum absolute atomic E-state index is 0.119. The highest BCUT2D eigenvalue weighted by Crippen LogP contribution is 2.32. The Balaban J connectivity index is 1.67. The molecule has 1 fully saturated rings. The van der Waals surface area contributed by atoms with Crippen LogP contribution in [0.5, 0.6) is 5.75 Å². The Kier molecular flexibility index (Phi) is 4.43. The number of halogens is 1. The summed E-state index contributed by atoms with van der Waals surface area (Å²) < 4.78 is 24.1. The molecule has 1 saturated heterocycles. The van der Waals surface area contributed by atoms with Gasteiger partial charge in [0.15, 0.2) is 0 Å². The minimum Gasteiger partial charge on any atom is -0.497 e. The molecule has 6 nitrogen and oxygen atoms in total. The van der Waals surface area contributed by atoms with E-state index in [0.717, 1.165) is 0 Å². The highest BCUT2D eigenvalue weighted by atomic mass is 19.1. The van der Waals surface area contributed by atoms with Gasteiger partial charge in [-0.2, -0.15) is 0 Å². The summed E-state index contributed by atoms with van der Waals surface area (Å²) in [6.45, 7) is 0.996. The van der Waals surface area contributed by atoms with Crippen LogP contribution < -0.4 is 9.64 Å². The summed E-state index contributed by atoms with van der Waals surface area (Å²) in [5.74, 6) is 0.129. The van der Waals surface area contributed by atoms with Crippen LogP contribution in [-0.4, -0.2) is 43.2 Å². The molecule has 4 rings (SSSR count). The van der Waals surface area contributed by atoms with Crippen molar-refractivity contribution in [1.82, 2.24) is 4.90 Å². The Morgan fingerprint density at radius 2 is 2.00 bits per heavy atom. The summed E-state index contributed by atoms with van der Waals surface area (Å²) in [5.41, 5.74) is 1.73. The predicted molar refractivity (Wildman–Crippen MR) is 96.4 cm³/mol. The van der Waals surface area contributed by atoms with Gasteiger partial charge in [-0.05, 0) is 48.4 Å². The fraction of sp³-hybridized carbons (Fsp3) is 0.300. The summed E-state index contributed by atoms with van der Waals surface area (Å²) in [6, 6.07) is 11.0. The Morgan fingerprint density at radius 3 is 2.74 bits per heavy atom. The summed E-state index contributed by atoms with van der Waals surface area (Å²) in [7, 11) is 1.57. The second kappa shape index (κ2) is 6.90. The second-order valence-corrected chi connectivity index (χ2v) is 6.62. The predicted octanol–water partition coefficient (Wildman–Crippen LogP) is 3.21. The Labute approximate surface area is 156 Å². The van der Waals surface area contributed by atoms with Crippen molar-refractivity contribution in [3.05, 3.63) is 59.4 Å². The summed E-state index contributed by atoms with van der Waals surface area (Å²) in [5, 5.41) is 0. The van der Waals surface area contributed by atoms with E-state index in [4.69, 9.17) is 9.47 Å². The van der Waals surface area contributed by atoms with E-state index in [1.807, 2.05) is 0 Å². The number of hydrogen-bond donors (Lipinski definition) is 0. The molecule has 2 aliphatic heterocycles. The molecular formula is C20H19FN2O4. The first-order valence-corrected chi connectivity index (χ1v) is 8.74. The average molecular weight is 370 g/mol. The summed E-state index contributed by atoms with van der Waals surface area (Å²) in [4.78, 5) is 28.4. The average Bonchev–Trinajstić information content (AvgIpc) is 3.03. The number of carbonyl (C=O) groups excluding carboxylic acids is 2. The number of cyclic esters (lactones) is 1. The fourth-order valence-corrected chi connectivity index (χ4v) is 3.54. The first-order chi connectivity index (χ1) is 13.1. The molecule has 140 valence electrons. The molecule has 1 atom stereocenters. The molecule has 2 aliphatic rings. The minimum atomic E-state index is -0.471. The number of methoxy groups -OCH3 is 1. The van der Waals surface area contributed by atoms with Crippen molar-refractivity contribution < 1.29 is 23.5 Å².